The quantitative estimate of drug-likeness (QED) is 0.689. The molecule has 1 heterocycles. The molecular weight excluding hydrogens is 412 g/mol. The van der Waals surface area contributed by atoms with Gasteiger partial charge in [-0.15, -0.1) is 0 Å². The van der Waals surface area contributed by atoms with Crippen molar-refractivity contribution in [1.82, 2.24) is 5.32 Å². The first-order valence-corrected chi connectivity index (χ1v) is 12.6. The summed E-state index contributed by atoms with van der Waals surface area (Å²) in [5.41, 5.74) is 1.96. The molecule has 1 N–H and O–H groups in total. The zero-order valence-electron chi connectivity index (χ0n) is 18.9. The van der Waals surface area contributed by atoms with Gasteiger partial charge in [-0.3, -0.25) is 9.10 Å². The Balaban J connectivity index is 1.91. The van der Waals surface area contributed by atoms with Crippen LogP contribution in [0.3, 0.4) is 0 Å². The van der Waals surface area contributed by atoms with Crippen molar-refractivity contribution in [3.8, 4) is 5.75 Å². The molecule has 3 rings (SSSR count). The van der Waals surface area contributed by atoms with Crippen LogP contribution in [0.4, 0.5) is 5.69 Å². The Morgan fingerprint density at radius 1 is 1.19 bits per heavy atom. The van der Waals surface area contributed by atoms with Crippen molar-refractivity contribution in [2.24, 2.45) is 0 Å². The Morgan fingerprint density at radius 2 is 1.87 bits per heavy atom. The van der Waals surface area contributed by atoms with Crippen molar-refractivity contribution < 1.29 is 17.9 Å². The van der Waals surface area contributed by atoms with Crippen LogP contribution in [0.2, 0.25) is 0 Å². The number of hydrogen-bond donors (Lipinski definition) is 1. The summed E-state index contributed by atoms with van der Waals surface area (Å²) in [6.07, 6.45) is 3.40. The zero-order valence-corrected chi connectivity index (χ0v) is 19.7. The maximum atomic E-state index is 13.3. The van der Waals surface area contributed by atoms with Crippen molar-refractivity contribution in [2.45, 2.75) is 64.6 Å². The van der Waals surface area contributed by atoms with Crippen LogP contribution in [0.5, 0.6) is 5.75 Å². The number of hydrogen-bond acceptors (Lipinski definition) is 4. The number of rotatable bonds is 7. The number of sulfonamides is 1. The number of fused-ring (bicyclic) bond motifs is 1. The molecule has 0 saturated carbocycles. The van der Waals surface area contributed by atoms with E-state index < -0.39 is 16.1 Å². The molecule has 2 atom stereocenters. The van der Waals surface area contributed by atoms with Gasteiger partial charge in [0.15, 0.2) is 0 Å². The maximum absolute atomic E-state index is 13.3. The number of benzene rings is 2. The van der Waals surface area contributed by atoms with Gasteiger partial charge >= 0.3 is 0 Å². The highest BCUT2D eigenvalue weighted by atomic mass is 32.2. The Labute approximate surface area is 185 Å². The van der Waals surface area contributed by atoms with E-state index in [0.29, 0.717) is 12.1 Å². The summed E-state index contributed by atoms with van der Waals surface area (Å²) in [6, 6.07) is 13.7. The third kappa shape index (κ3) is 4.87. The largest absolute Gasteiger partial charge is 0.487 e. The predicted molar refractivity (Wildman–Crippen MR) is 124 cm³/mol. The summed E-state index contributed by atoms with van der Waals surface area (Å²) in [4.78, 5) is 13.3. The van der Waals surface area contributed by atoms with Crippen molar-refractivity contribution >= 4 is 21.6 Å². The summed E-state index contributed by atoms with van der Waals surface area (Å²) < 4.78 is 32.7. The minimum absolute atomic E-state index is 0.251. The van der Waals surface area contributed by atoms with Crippen molar-refractivity contribution in [3.63, 3.8) is 0 Å². The van der Waals surface area contributed by atoms with E-state index >= 15 is 0 Å². The van der Waals surface area contributed by atoms with Crippen LogP contribution in [-0.4, -0.2) is 32.2 Å². The van der Waals surface area contributed by atoms with Crippen LogP contribution in [-0.2, 0) is 14.8 Å². The highest BCUT2D eigenvalue weighted by Gasteiger charge is 2.40. The van der Waals surface area contributed by atoms with Gasteiger partial charge in [0.05, 0.1) is 18.0 Å². The monoisotopic (exact) mass is 444 g/mol. The van der Waals surface area contributed by atoms with Gasteiger partial charge in [-0.2, -0.15) is 0 Å². The smallest absolute Gasteiger partial charge is 0.244 e. The number of ether oxygens (including phenoxy) is 1. The summed E-state index contributed by atoms with van der Waals surface area (Å²) in [5, 5.41) is 3.11. The summed E-state index contributed by atoms with van der Waals surface area (Å²) in [7, 11) is -3.66. The Kier molecular flexibility index (Phi) is 6.65. The van der Waals surface area contributed by atoms with Crippen LogP contribution in [0.15, 0.2) is 48.5 Å². The third-order valence-corrected chi connectivity index (χ3v) is 7.39. The molecule has 0 aliphatic carbocycles. The average Bonchev–Trinajstić information content (AvgIpc) is 2.72. The van der Waals surface area contributed by atoms with Gasteiger partial charge < -0.3 is 10.1 Å². The standard InChI is InChI=1S/C24H32N2O4S/c1-6-24(7-2)16-21(20-13-8-9-14-22(20)30-24)25-23(27)18(4)26(31(5,28)29)19-12-10-11-17(3)15-19/h8-15,18,21H,6-7,16H2,1-5H3,(H,25,27)/t18-,21+/m1/s1. The van der Waals surface area contributed by atoms with Crippen LogP contribution in [0.25, 0.3) is 0 Å². The fourth-order valence-electron chi connectivity index (χ4n) is 4.30. The molecular formula is C24H32N2O4S. The average molecular weight is 445 g/mol. The molecule has 6 nitrogen and oxygen atoms in total. The molecule has 2 aromatic rings. The van der Waals surface area contributed by atoms with Crippen LogP contribution in [0, 0.1) is 6.92 Å². The minimum Gasteiger partial charge on any atom is -0.487 e. The SMILES string of the molecule is CCC1(CC)C[C@H](NC(=O)[C@@H](C)N(c2cccc(C)c2)S(C)(=O)=O)c2ccccc2O1. The topological polar surface area (TPSA) is 75.7 Å². The number of carbonyl (C=O) groups excluding carboxylic acids is 1. The van der Waals surface area contributed by atoms with Gasteiger partial charge in [0, 0.05) is 12.0 Å². The summed E-state index contributed by atoms with van der Waals surface area (Å²) in [6.45, 7) is 7.68. The van der Waals surface area contributed by atoms with E-state index in [1.807, 2.05) is 37.3 Å². The molecule has 1 amide bonds. The Morgan fingerprint density at radius 3 is 2.48 bits per heavy atom. The number of aryl methyl sites for hydroxylation is 1. The molecule has 0 aromatic heterocycles. The predicted octanol–water partition coefficient (Wildman–Crippen LogP) is 4.35. The summed E-state index contributed by atoms with van der Waals surface area (Å²) in [5.74, 6) is 0.434. The molecule has 31 heavy (non-hydrogen) atoms. The van der Waals surface area contributed by atoms with Gasteiger partial charge in [0.25, 0.3) is 0 Å². The molecule has 1 aliphatic heterocycles. The fourth-order valence-corrected chi connectivity index (χ4v) is 5.46. The van der Waals surface area contributed by atoms with E-state index in [0.717, 1.165) is 36.0 Å². The van der Waals surface area contributed by atoms with E-state index in [4.69, 9.17) is 4.74 Å². The number of amides is 1. The number of para-hydroxylation sites is 1. The van der Waals surface area contributed by atoms with E-state index in [9.17, 15) is 13.2 Å². The second-order valence-electron chi connectivity index (χ2n) is 8.37. The first kappa shape index (κ1) is 23.1. The van der Waals surface area contributed by atoms with Crippen LogP contribution < -0.4 is 14.4 Å². The second-order valence-corrected chi connectivity index (χ2v) is 10.2. The zero-order chi connectivity index (χ0) is 22.8. The molecule has 0 bridgehead atoms. The normalized spacial score (nSPS) is 18.4. The van der Waals surface area contributed by atoms with Gasteiger partial charge in [-0.25, -0.2) is 8.42 Å². The maximum Gasteiger partial charge on any atom is 0.244 e. The van der Waals surface area contributed by atoms with Gasteiger partial charge in [0.2, 0.25) is 15.9 Å². The van der Waals surface area contributed by atoms with Crippen molar-refractivity contribution in [3.05, 3.63) is 59.7 Å². The van der Waals surface area contributed by atoms with Crippen molar-refractivity contribution in [2.75, 3.05) is 10.6 Å². The highest BCUT2D eigenvalue weighted by Crippen LogP contribution is 2.42. The lowest BCUT2D eigenvalue weighted by atomic mass is 9.83. The summed E-state index contributed by atoms with van der Waals surface area (Å²) >= 11 is 0. The second kappa shape index (κ2) is 8.91. The number of nitrogens with one attached hydrogen (secondary N) is 1. The third-order valence-electron chi connectivity index (χ3n) is 6.15. The van der Waals surface area contributed by atoms with Crippen LogP contribution >= 0.6 is 0 Å². The number of carbonyl (C=O) groups is 1. The van der Waals surface area contributed by atoms with Gasteiger partial charge in [-0.1, -0.05) is 44.2 Å². The van der Waals surface area contributed by atoms with Crippen molar-refractivity contribution in [1.29, 1.82) is 0 Å². The number of nitrogens with zero attached hydrogens (tertiary/aromatic N) is 1. The van der Waals surface area contributed by atoms with E-state index in [-0.39, 0.29) is 17.6 Å². The first-order chi connectivity index (χ1) is 14.6. The van der Waals surface area contributed by atoms with E-state index in [2.05, 4.69) is 19.2 Å². The molecule has 168 valence electrons. The molecule has 0 spiro atoms. The molecule has 2 aromatic carbocycles. The van der Waals surface area contributed by atoms with E-state index in [1.54, 1.807) is 25.1 Å². The van der Waals surface area contributed by atoms with Crippen LogP contribution in [0.1, 0.15) is 57.2 Å². The minimum atomic E-state index is -3.66. The highest BCUT2D eigenvalue weighted by molar-refractivity contribution is 7.92. The lowest BCUT2D eigenvalue weighted by Crippen LogP contribution is -2.51. The fraction of sp³-hybridized carbons (Fsp3) is 0.458. The molecule has 0 unspecified atom stereocenters. The molecule has 0 saturated heterocycles. The number of anilines is 1. The first-order valence-electron chi connectivity index (χ1n) is 10.7. The van der Waals surface area contributed by atoms with Gasteiger partial charge in [-0.05, 0) is 50.5 Å². The molecule has 7 heteroatoms. The lowest BCUT2D eigenvalue weighted by Gasteiger charge is -2.42. The molecule has 0 fully saturated rings. The lowest BCUT2D eigenvalue weighted by molar-refractivity contribution is -0.123. The Hall–Kier alpha value is -2.54. The van der Waals surface area contributed by atoms with E-state index in [1.165, 1.54) is 4.31 Å². The Bertz CT molecular complexity index is 1050. The molecule has 1 aliphatic rings. The molecule has 0 radical (unpaired) electrons. The van der Waals surface area contributed by atoms with Gasteiger partial charge in [0.1, 0.15) is 17.4 Å².